The SMILES string of the molecule is CC1(c2cccc3c2[N]c2ccccc2O3)CCCCC1. The van der Waals surface area contributed by atoms with E-state index in [2.05, 4.69) is 19.1 Å². The number of para-hydroxylation sites is 3. The number of fused-ring (bicyclic) bond motifs is 2. The van der Waals surface area contributed by atoms with Gasteiger partial charge in [-0.25, -0.2) is 5.32 Å². The maximum absolute atomic E-state index is 6.06. The van der Waals surface area contributed by atoms with E-state index < -0.39 is 0 Å². The van der Waals surface area contributed by atoms with Crippen LogP contribution in [0.5, 0.6) is 11.5 Å². The standard InChI is InChI=1S/C19H20NO/c1-19(12-5-2-6-13-19)14-8-7-11-17-18(14)20-15-9-3-4-10-16(15)21-17/h3-4,7-11H,2,5-6,12-13H2,1H3. The van der Waals surface area contributed by atoms with Gasteiger partial charge in [-0.2, -0.15) is 0 Å². The van der Waals surface area contributed by atoms with Crippen molar-refractivity contribution in [1.82, 2.24) is 5.32 Å². The highest BCUT2D eigenvalue weighted by Gasteiger charge is 2.33. The molecule has 1 radical (unpaired) electrons. The molecule has 0 bridgehead atoms. The molecule has 2 nitrogen and oxygen atoms in total. The zero-order valence-corrected chi connectivity index (χ0v) is 12.4. The van der Waals surface area contributed by atoms with Crippen molar-refractivity contribution >= 4 is 11.4 Å². The van der Waals surface area contributed by atoms with Gasteiger partial charge >= 0.3 is 0 Å². The molecule has 0 aromatic heterocycles. The average molecular weight is 278 g/mol. The highest BCUT2D eigenvalue weighted by atomic mass is 16.5. The van der Waals surface area contributed by atoms with Crippen molar-refractivity contribution < 1.29 is 4.74 Å². The lowest BCUT2D eigenvalue weighted by Gasteiger charge is -2.36. The minimum Gasteiger partial charge on any atom is -0.453 e. The smallest absolute Gasteiger partial charge is 0.153 e. The summed E-state index contributed by atoms with van der Waals surface area (Å²) in [5, 5.41) is 4.90. The number of benzene rings is 2. The van der Waals surface area contributed by atoms with Gasteiger partial charge in [-0.3, -0.25) is 0 Å². The normalized spacial score (nSPS) is 18.9. The Morgan fingerprint density at radius 3 is 2.52 bits per heavy atom. The molecule has 0 amide bonds. The lowest BCUT2D eigenvalue weighted by Crippen LogP contribution is -2.26. The first-order valence-electron chi connectivity index (χ1n) is 7.88. The molecule has 0 N–H and O–H groups in total. The van der Waals surface area contributed by atoms with Crippen LogP contribution in [-0.2, 0) is 5.41 Å². The third kappa shape index (κ3) is 2.10. The topological polar surface area (TPSA) is 23.3 Å². The number of nitrogens with zero attached hydrogens (tertiary/aromatic N) is 1. The van der Waals surface area contributed by atoms with Crippen LogP contribution in [0.2, 0.25) is 0 Å². The van der Waals surface area contributed by atoms with Gasteiger partial charge in [0.2, 0.25) is 0 Å². The van der Waals surface area contributed by atoms with E-state index in [9.17, 15) is 0 Å². The van der Waals surface area contributed by atoms with Crippen LogP contribution >= 0.6 is 0 Å². The first-order valence-corrected chi connectivity index (χ1v) is 7.88. The minimum absolute atomic E-state index is 0.239. The summed E-state index contributed by atoms with van der Waals surface area (Å²) < 4.78 is 6.06. The molecule has 2 aliphatic rings. The van der Waals surface area contributed by atoms with Gasteiger partial charge < -0.3 is 4.74 Å². The summed E-state index contributed by atoms with van der Waals surface area (Å²) in [5.41, 5.74) is 3.58. The summed E-state index contributed by atoms with van der Waals surface area (Å²) in [6.07, 6.45) is 6.50. The molecule has 0 saturated heterocycles. The van der Waals surface area contributed by atoms with E-state index in [0.29, 0.717) is 0 Å². The molecular formula is C19H20NO. The second-order valence-electron chi connectivity index (χ2n) is 6.46. The van der Waals surface area contributed by atoms with Crippen LogP contribution in [0.15, 0.2) is 42.5 Å². The molecule has 0 spiro atoms. The monoisotopic (exact) mass is 278 g/mol. The van der Waals surface area contributed by atoms with Crippen molar-refractivity contribution in [2.45, 2.75) is 44.4 Å². The first-order chi connectivity index (χ1) is 10.3. The van der Waals surface area contributed by atoms with Crippen LogP contribution in [0.4, 0.5) is 11.4 Å². The third-order valence-electron chi connectivity index (χ3n) is 4.92. The fraction of sp³-hybridized carbons (Fsp3) is 0.368. The Kier molecular flexibility index (Phi) is 2.91. The Labute approximate surface area is 126 Å². The molecule has 2 heteroatoms. The van der Waals surface area contributed by atoms with E-state index in [1.165, 1.54) is 37.7 Å². The maximum atomic E-state index is 6.06. The maximum Gasteiger partial charge on any atom is 0.153 e. The van der Waals surface area contributed by atoms with E-state index in [4.69, 9.17) is 10.1 Å². The molecule has 2 aromatic rings. The summed E-state index contributed by atoms with van der Waals surface area (Å²) in [5.74, 6) is 1.76. The largest absolute Gasteiger partial charge is 0.453 e. The fourth-order valence-corrected chi connectivity index (χ4v) is 3.68. The Balaban J connectivity index is 1.79. The van der Waals surface area contributed by atoms with E-state index >= 15 is 0 Å². The number of hydrogen-bond donors (Lipinski definition) is 0. The second kappa shape index (κ2) is 4.80. The quantitative estimate of drug-likeness (QED) is 0.569. The van der Waals surface area contributed by atoms with Crippen molar-refractivity contribution in [3.8, 4) is 11.5 Å². The van der Waals surface area contributed by atoms with E-state index in [1.54, 1.807) is 0 Å². The molecule has 1 saturated carbocycles. The van der Waals surface area contributed by atoms with Gasteiger partial charge in [0.15, 0.2) is 11.5 Å². The Bertz CT molecular complexity index is 671. The van der Waals surface area contributed by atoms with Crippen molar-refractivity contribution in [3.05, 3.63) is 48.0 Å². The number of rotatable bonds is 1. The van der Waals surface area contributed by atoms with Gasteiger partial charge in [-0.1, -0.05) is 50.5 Å². The molecule has 1 fully saturated rings. The summed E-state index contributed by atoms with van der Waals surface area (Å²) in [6.45, 7) is 2.39. The molecule has 2 aromatic carbocycles. The molecule has 0 atom stereocenters. The van der Waals surface area contributed by atoms with Gasteiger partial charge in [0.25, 0.3) is 0 Å². The molecular weight excluding hydrogens is 258 g/mol. The van der Waals surface area contributed by atoms with Crippen LogP contribution < -0.4 is 10.1 Å². The van der Waals surface area contributed by atoms with Gasteiger partial charge in [0.05, 0.1) is 0 Å². The predicted molar refractivity (Wildman–Crippen MR) is 84.8 cm³/mol. The zero-order chi connectivity index (χ0) is 14.3. The Morgan fingerprint density at radius 2 is 1.67 bits per heavy atom. The molecule has 0 unspecified atom stereocenters. The number of hydrogen-bond acceptors (Lipinski definition) is 1. The van der Waals surface area contributed by atoms with E-state index in [1.807, 2.05) is 30.3 Å². The van der Waals surface area contributed by atoms with Crippen molar-refractivity contribution in [3.63, 3.8) is 0 Å². The summed E-state index contributed by atoms with van der Waals surface area (Å²) in [7, 11) is 0. The molecule has 1 aliphatic heterocycles. The van der Waals surface area contributed by atoms with Crippen molar-refractivity contribution in [1.29, 1.82) is 0 Å². The van der Waals surface area contributed by atoms with Gasteiger partial charge in [-0.05, 0) is 42.0 Å². The average Bonchev–Trinajstić information content (AvgIpc) is 2.53. The zero-order valence-electron chi connectivity index (χ0n) is 12.4. The summed E-state index contributed by atoms with van der Waals surface area (Å²) in [4.78, 5) is 0. The predicted octanol–water partition coefficient (Wildman–Crippen LogP) is 5.58. The number of ether oxygens (including phenoxy) is 1. The lowest BCUT2D eigenvalue weighted by molar-refractivity contribution is 0.318. The molecule has 1 heterocycles. The molecule has 107 valence electrons. The Hall–Kier alpha value is -1.96. The van der Waals surface area contributed by atoms with Crippen LogP contribution in [0.1, 0.15) is 44.6 Å². The van der Waals surface area contributed by atoms with E-state index in [-0.39, 0.29) is 5.41 Å². The van der Waals surface area contributed by atoms with Crippen LogP contribution in [-0.4, -0.2) is 0 Å². The highest BCUT2D eigenvalue weighted by molar-refractivity contribution is 5.71. The second-order valence-corrected chi connectivity index (χ2v) is 6.46. The first kappa shape index (κ1) is 12.8. The fourth-order valence-electron chi connectivity index (χ4n) is 3.68. The highest BCUT2D eigenvalue weighted by Crippen LogP contribution is 2.49. The molecule has 1 aliphatic carbocycles. The van der Waals surface area contributed by atoms with Gasteiger partial charge in [0, 0.05) is 0 Å². The van der Waals surface area contributed by atoms with Gasteiger partial charge in [0.1, 0.15) is 11.4 Å². The van der Waals surface area contributed by atoms with Crippen LogP contribution in [0.25, 0.3) is 0 Å². The van der Waals surface area contributed by atoms with Crippen LogP contribution in [0, 0.1) is 0 Å². The van der Waals surface area contributed by atoms with Crippen molar-refractivity contribution in [2.24, 2.45) is 0 Å². The minimum atomic E-state index is 0.239. The lowest BCUT2D eigenvalue weighted by atomic mass is 9.70. The van der Waals surface area contributed by atoms with Gasteiger partial charge in [-0.15, -0.1) is 0 Å². The summed E-state index contributed by atoms with van der Waals surface area (Å²) in [6, 6.07) is 14.4. The molecule has 21 heavy (non-hydrogen) atoms. The molecule has 4 rings (SSSR count). The van der Waals surface area contributed by atoms with Crippen molar-refractivity contribution in [2.75, 3.05) is 0 Å². The Morgan fingerprint density at radius 1 is 0.905 bits per heavy atom. The van der Waals surface area contributed by atoms with E-state index in [0.717, 1.165) is 22.9 Å². The third-order valence-corrected chi connectivity index (χ3v) is 4.92. The summed E-state index contributed by atoms with van der Waals surface area (Å²) >= 11 is 0. The van der Waals surface area contributed by atoms with Crippen LogP contribution in [0.3, 0.4) is 0 Å².